The minimum Gasteiger partial charge on any atom is -0.486 e. The highest BCUT2D eigenvalue weighted by Gasteiger charge is 2.33. The molecule has 2 aromatic carbocycles. The molecule has 0 N–H and O–H groups in total. The van der Waals surface area contributed by atoms with Crippen molar-refractivity contribution in [3.8, 4) is 11.5 Å². The van der Waals surface area contributed by atoms with Crippen LogP contribution in [0.15, 0.2) is 41.3 Å². The summed E-state index contributed by atoms with van der Waals surface area (Å²) >= 11 is 0. The number of para-hydroxylation sites is 2. The molecular weight excluding hydrogens is 383 g/mol. The highest BCUT2D eigenvalue weighted by Crippen LogP contribution is 2.32. The maximum atomic E-state index is 14.1. The summed E-state index contributed by atoms with van der Waals surface area (Å²) < 4.78 is 78.7. The average molecular weight is 401 g/mol. The van der Waals surface area contributed by atoms with Crippen LogP contribution in [0.5, 0.6) is 11.5 Å². The summed E-state index contributed by atoms with van der Waals surface area (Å²) in [6.45, 7) is 1.79. The van der Waals surface area contributed by atoms with Gasteiger partial charge >= 0.3 is 0 Å². The zero-order chi connectivity index (χ0) is 19.6. The molecule has 0 saturated heterocycles. The van der Waals surface area contributed by atoms with Crippen molar-refractivity contribution in [1.82, 2.24) is 4.31 Å². The molecule has 0 saturated carbocycles. The molecule has 1 aliphatic heterocycles. The second kappa shape index (κ2) is 7.77. The van der Waals surface area contributed by atoms with E-state index in [9.17, 15) is 21.6 Å². The van der Waals surface area contributed by atoms with Gasteiger partial charge in [-0.2, -0.15) is 4.31 Å². The molecule has 0 radical (unpaired) electrons. The van der Waals surface area contributed by atoms with Crippen LogP contribution in [0.4, 0.5) is 13.2 Å². The third-order valence-electron chi connectivity index (χ3n) is 4.07. The Morgan fingerprint density at radius 1 is 1.07 bits per heavy atom. The van der Waals surface area contributed by atoms with Gasteiger partial charge in [0, 0.05) is 6.54 Å². The van der Waals surface area contributed by atoms with E-state index in [4.69, 9.17) is 9.47 Å². The number of halogens is 3. The topological polar surface area (TPSA) is 55.8 Å². The lowest BCUT2D eigenvalue weighted by Crippen LogP contribution is -2.44. The lowest BCUT2D eigenvalue weighted by molar-refractivity contribution is 0.0763. The fourth-order valence-electron chi connectivity index (χ4n) is 2.79. The van der Waals surface area contributed by atoms with E-state index in [1.165, 1.54) is 0 Å². The van der Waals surface area contributed by atoms with Crippen LogP contribution < -0.4 is 9.47 Å². The fraction of sp³-hybridized carbons (Fsp3) is 0.333. The van der Waals surface area contributed by atoms with E-state index in [2.05, 4.69) is 0 Å². The summed E-state index contributed by atoms with van der Waals surface area (Å²) in [6, 6.07) is 8.26. The number of ether oxygens (including phenoxy) is 2. The second-order valence-corrected chi connectivity index (χ2v) is 7.94. The third kappa shape index (κ3) is 3.89. The SMILES string of the molecule is CCCN(CC1COc2ccccc2O1)S(=O)(=O)c1ccc(F)c(F)c1F. The summed E-state index contributed by atoms with van der Waals surface area (Å²) in [7, 11) is -4.39. The van der Waals surface area contributed by atoms with Gasteiger partial charge in [-0.05, 0) is 30.7 Å². The number of fused-ring (bicyclic) bond motifs is 1. The Morgan fingerprint density at radius 3 is 2.48 bits per heavy atom. The molecule has 146 valence electrons. The van der Waals surface area contributed by atoms with Crippen LogP contribution in [0, 0.1) is 17.5 Å². The summed E-state index contributed by atoms with van der Waals surface area (Å²) in [4.78, 5) is -0.910. The molecule has 2 aromatic rings. The second-order valence-electron chi connectivity index (χ2n) is 6.03. The fourth-order valence-corrected chi connectivity index (χ4v) is 4.41. The molecule has 0 fully saturated rings. The van der Waals surface area contributed by atoms with Crippen LogP contribution in [0.2, 0.25) is 0 Å². The van der Waals surface area contributed by atoms with Crippen molar-refractivity contribution in [2.24, 2.45) is 0 Å². The average Bonchev–Trinajstić information content (AvgIpc) is 2.65. The van der Waals surface area contributed by atoms with E-state index in [0.717, 1.165) is 10.4 Å². The molecule has 1 aliphatic rings. The number of rotatable bonds is 6. The van der Waals surface area contributed by atoms with E-state index < -0.39 is 38.5 Å². The Morgan fingerprint density at radius 2 is 1.78 bits per heavy atom. The molecule has 27 heavy (non-hydrogen) atoms. The van der Waals surface area contributed by atoms with Gasteiger partial charge in [0.25, 0.3) is 0 Å². The summed E-state index contributed by atoms with van der Waals surface area (Å²) in [5.41, 5.74) is 0. The summed E-state index contributed by atoms with van der Waals surface area (Å²) in [6.07, 6.45) is -0.191. The molecule has 0 spiro atoms. The molecule has 1 heterocycles. The zero-order valence-electron chi connectivity index (χ0n) is 14.5. The molecule has 3 rings (SSSR count). The van der Waals surface area contributed by atoms with Gasteiger partial charge < -0.3 is 9.47 Å². The highest BCUT2D eigenvalue weighted by molar-refractivity contribution is 7.89. The maximum absolute atomic E-state index is 14.1. The predicted octanol–water partition coefficient (Wildman–Crippen LogP) is 3.34. The van der Waals surface area contributed by atoms with E-state index in [-0.39, 0.29) is 19.7 Å². The Hall–Kier alpha value is -2.26. The quantitative estimate of drug-likeness (QED) is 0.697. The van der Waals surface area contributed by atoms with Crippen LogP contribution in [0.1, 0.15) is 13.3 Å². The van der Waals surface area contributed by atoms with E-state index in [1.807, 2.05) is 0 Å². The number of hydrogen-bond donors (Lipinski definition) is 0. The first-order valence-electron chi connectivity index (χ1n) is 8.36. The van der Waals surface area contributed by atoms with Crippen molar-refractivity contribution in [2.45, 2.75) is 24.3 Å². The van der Waals surface area contributed by atoms with Crippen LogP contribution in [0.3, 0.4) is 0 Å². The van der Waals surface area contributed by atoms with Gasteiger partial charge in [-0.3, -0.25) is 0 Å². The molecule has 0 aromatic heterocycles. The highest BCUT2D eigenvalue weighted by atomic mass is 32.2. The molecule has 5 nitrogen and oxygen atoms in total. The Kier molecular flexibility index (Phi) is 5.61. The van der Waals surface area contributed by atoms with Gasteiger partial charge in [0.1, 0.15) is 17.6 Å². The number of nitrogens with zero attached hydrogens (tertiary/aromatic N) is 1. The van der Waals surface area contributed by atoms with Crippen LogP contribution >= 0.6 is 0 Å². The smallest absolute Gasteiger partial charge is 0.246 e. The van der Waals surface area contributed by atoms with Crippen molar-refractivity contribution in [3.05, 3.63) is 53.8 Å². The molecular formula is C18H18F3NO4S. The first kappa shape index (κ1) is 19.5. The standard InChI is InChI=1S/C18H18F3NO4S/c1-2-9-22(10-12-11-25-14-5-3-4-6-15(14)26-12)27(23,24)16-8-7-13(19)17(20)18(16)21/h3-8,12H,2,9-11H2,1H3. The van der Waals surface area contributed by atoms with E-state index in [1.54, 1.807) is 31.2 Å². The number of hydrogen-bond acceptors (Lipinski definition) is 4. The van der Waals surface area contributed by atoms with Crippen molar-refractivity contribution < 1.29 is 31.1 Å². The summed E-state index contributed by atoms with van der Waals surface area (Å²) in [5, 5.41) is 0. The van der Waals surface area contributed by atoms with Crippen molar-refractivity contribution in [3.63, 3.8) is 0 Å². The molecule has 0 amide bonds. The lowest BCUT2D eigenvalue weighted by atomic mass is 10.2. The predicted molar refractivity (Wildman–Crippen MR) is 91.7 cm³/mol. The van der Waals surface area contributed by atoms with Gasteiger partial charge in [0.15, 0.2) is 29.0 Å². The number of sulfonamides is 1. The molecule has 0 aliphatic carbocycles. The van der Waals surface area contributed by atoms with Crippen LogP contribution in [-0.4, -0.2) is 38.5 Å². The molecule has 0 bridgehead atoms. The Bertz CT molecular complexity index is 936. The van der Waals surface area contributed by atoms with Crippen molar-refractivity contribution in [1.29, 1.82) is 0 Å². The van der Waals surface area contributed by atoms with E-state index >= 15 is 0 Å². The molecule has 1 unspecified atom stereocenters. The monoisotopic (exact) mass is 401 g/mol. The summed E-state index contributed by atoms with van der Waals surface area (Å²) in [5.74, 6) is -3.98. The minimum absolute atomic E-state index is 0.0578. The van der Waals surface area contributed by atoms with E-state index in [0.29, 0.717) is 24.0 Å². The third-order valence-corrected chi connectivity index (χ3v) is 5.95. The van der Waals surface area contributed by atoms with Crippen molar-refractivity contribution in [2.75, 3.05) is 19.7 Å². The first-order valence-corrected chi connectivity index (χ1v) is 9.80. The van der Waals surface area contributed by atoms with Gasteiger partial charge in [0.05, 0.1) is 6.54 Å². The lowest BCUT2D eigenvalue weighted by Gasteiger charge is -2.30. The minimum atomic E-state index is -4.39. The largest absolute Gasteiger partial charge is 0.486 e. The Balaban J connectivity index is 1.86. The van der Waals surface area contributed by atoms with Crippen LogP contribution in [-0.2, 0) is 10.0 Å². The zero-order valence-corrected chi connectivity index (χ0v) is 15.3. The molecule has 1 atom stereocenters. The van der Waals surface area contributed by atoms with Gasteiger partial charge in [0.2, 0.25) is 10.0 Å². The maximum Gasteiger partial charge on any atom is 0.246 e. The van der Waals surface area contributed by atoms with Gasteiger partial charge in [-0.25, -0.2) is 21.6 Å². The number of benzene rings is 2. The van der Waals surface area contributed by atoms with Crippen LogP contribution in [0.25, 0.3) is 0 Å². The van der Waals surface area contributed by atoms with Crippen molar-refractivity contribution >= 4 is 10.0 Å². The normalized spacial score (nSPS) is 16.6. The van der Waals surface area contributed by atoms with Gasteiger partial charge in [-0.15, -0.1) is 0 Å². The van der Waals surface area contributed by atoms with Gasteiger partial charge in [-0.1, -0.05) is 19.1 Å². The Labute approximate surface area is 155 Å². The molecule has 9 heteroatoms. The first-order chi connectivity index (χ1) is 12.8.